The van der Waals surface area contributed by atoms with Crippen LogP contribution < -0.4 is 20.9 Å². The molecule has 30 heavy (non-hydrogen) atoms. The van der Waals surface area contributed by atoms with Crippen molar-refractivity contribution in [1.82, 2.24) is 35.1 Å². The van der Waals surface area contributed by atoms with Crippen molar-refractivity contribution in [2.24, 2.45) is 5.92 Å². The third kappa shape index (κ3) is 4.22. The van der Waals surface area contributed by atoms with Gasteiger partial charge in [0.1, 0.15) is 0 Å². The third-order valence-corrected chi connectivity index (χ3v) is 5.61. The van der Waals surface area contributed by atoms with E-state index in [2.05, 4.69) is 25.9 Å². The maximum Gasteiger partial charge on any atom is 0.235 e. The molecule has 0 aliphatic carbocycles. The van der Waals surface area contributed by atoms with E-state index in [1.165, 1.54) is 11.9 Å². The lowest BCUT2D eigenvalue weighted by Gasteiger charge is -2.31. The maximum absolute atomic E-state index is 12.6. The van der Waals surface area contributed by atoms with Crippen LogP contribution in [-0.2, 0) is 11.3 Å². The van der Waals surface area contributed by atoms with Crippen LogP contribution in [-0.4, -0.2) is 38.2 Å². The molecular formula is C19H23ClN8OS. The molecule has 11 heteroatoms. The summed E-state index contributed by atoms with van der Waals surface area (Å²) in [5.74, 6) is 0.753. The number of halogens is 1. The second kappa shape index (κ2) is 9.17. The number of imidazole rings is 1. The van der Waals surface area contributed by atoms with Crippen LogP contribution in [0.3, 0.4) is 0 Å². The van der Waals surface area contributed by atoms with Gasteiger partial charge in [0, 0.05) is 30.1 Å². The second-order valence-corrected chi connectivity index (χ2v) is 7.93. The minimum Gasteiger partial charge on any atom is -0.338 e. The predicted molar refractivity (Wildman–Crippen MR) is 119 cm³/mol. The van der Waals surface area contributed by atoms with Crippen LogP contribution in [0.1, 0.15) is 25.2 Å². The van der Waals surface area contributed by atoms with Crippen molar-refractivity contribution in [3.8, 4) is 0 Å². The van der Waals surface area contributed by atoms with Crippen molar-refractivity contribution >= 4 is 52.1 Å². The highest BCUT2D eigenvalue weighted by atomic mass is 35.5. The lowest BCUT2D eigenvalue weighted by molar-refractivity contribution is -0.125. The molecule has 3 aromatic rings. The zero-order valence-corrected chi connectivity index (χ0v) is 18.2. The first-order valence-corrected chi connectivity index (χ1v) is 11.3. The van der Waals surface area contributed by atoms with E-state index in [9.17, 15) is 4.79 Å². The molecule has 1 fully saturated rings. The minimum absolute atomic E-state index is 0.0430. The molecule has 2 unspecified atom stereocenters. The summed E-state index contributed by atoms with van der Waals surface area (Å²) in [6.07, 6.45) is 4.25. The number of rotatable bonds is 6. The molecule has 1 saturated heterocycles. The average molecular weight is 447 g/mol. The summed E-state index contributed by atoms with van der Waals surface area (Å²) in [6, 6.07) is 7.03. The number of carbonyl (C=O) groups is 1. The highest BCUT2D eigenvalue weighted by Crippen LogP contribution is 2.30. The average Bonchev–Trinajstić information content (AvgIpc) is 3.17. The SMILES string of the molecule is CCn1cnc2c(Nc3cccc(Cl)c3)nc(C3NNCCC3C(=O)NSC)nc21. The highest BCUT2D eigenvalue weighted by molar-refractivity contribution is 7.97. The summed E-state index contributed by atoms with van der Waals surface area (Å²) in [5, 5.41) is 3.93. The summed E-state index contributed by atoms with van der Waals surface area (Å²) < 4.78 is 4.79. The van der Waals surface area contributed by atoms with Gasteiger partial charge in [-0.25, -0.2) is 20.4 Å². The number of aromatic nitrogens is 4. The highest BCUT2D eigenvalue weighted by Gasteiger charge is 2.34. The molecule has 1 aromatic carbocycles. The van der Waals surface area contributed by atoms with Crippen molar-refractivity contribution in [2.45, 2.75) is 25.9 Å². The fourth-order valence-electron chi connectivity index (χ4n) is 3.50. The Hall–Kier alpha value is -2.40. The number of nitrogens with zero attached hydrogens (tertiary/aromatic N) is 4. The van der Waals surface area contributed by atoms with E-state index in [0.717, 1.165) is 12.2 Å². The molecule has 4 N–H and O–H groups in total. The number of benzene rings is 1. The van der Waals surface area contributed by atoms with Gasteiger partial charge in [-0.05, 0) is 31.5 Å². The molecule has 1 aliphatic heterocycles. The van der Waals surface area contributed by atoms with Crippen molar-refractivity contribution in [1.29, 1.82) is 0 Å². The van der Waals surface area contributed by atoms with Crippen molar-refractivity contribution in [3.63, 3.8) is 0 Å². The van der Waals surface area contributed by atoms with Crippen molar-refractivity contribution in [3.05, 3.63) is 41.4 Å². The number of hydrazine groups is 1. The van der Waals surface area contributed by atoms with E-state index in [0.29, 0.717) is 40.8 Å². The minimum atomic E-state index is -0.379. The van der Waals surface area contributed by atoms with Gasteiger partial charge in [-0.1, -0.05) is 29.6 Å². The van der Waals surface area contributed by atoms with Gasteiger partial charge in [0.05, 0.1) is 18.3 Å². The van der Waals surface area contributed by atoms with Crippen LogP contribution in [0.25, 0.3) is 11.2 Å². The number of amides is 1. The Morgan fingerprint density at radius 2 is 2.27 bits per heavy atom. The van der Waals surface area contributed by atoms with Crippen molar-refractivity contribution in [2.75, 3.05) is 18.1 Å². The first-order chi connectivity index (χ1) is 14.6. The van der Waals surface area contributed by atoms with Gasteiger partial charge in [0.15, 0.2) is 22.8 Å². The van der Waals surface area contributed by atoms with E-state index in [-0.39, 0.29) is 17.9 Å². The summed E-state index contributed by atoms with van der Waals surface area (Å²) in [4.78, 5) is 26.7. The fourth-order valence-corrected chi connectivity index (χ4v) is 4.04. The standard InChI is InChI=1S/C19H23ClN8OS/c1-3-28-10-21-15-17(23-12-6-4-5-11(20)9-12)24-16(25-18(15)28)14-13(7-8-22-26-14)19(29)27-30-2/h4-6,9-10,13-14,22,26H,3,7-8H2,1-2H3,(H,27,29)(H,23,24,25). The Bertz CT molecular complexity index is 1060. The predicted octanol–water partition coefficient (Wildman–Crippen LogP) is 2.79. The van der Waals surface area contributed by atoms with Gasteiger partial charge >= 0.3 is 0 Å². The molecule has 0 spiro atoms. The van der Waals surface area contributed by atoms with E-state index in [4.69, 9.17) is 21.6 Å². The number of anilines is 2. The van der Waals surface area contributed by atoms with Crippen molar-refractivity contribution < 1.29 is 4.79 Å². The number of carbonyl (C=O) groups excluding carboxylic acids is 1. The van der Waals surface area contributed by atoms with E-state index in [1.54, 1.807) is 6.33 Å². The topological polar surface area (TPSA) is 109 Å². The van der Waals surface area contributed by atoms with Gasteiger partial charge in [0.2, 0.25) is 5.91 Å². The second-order valence-electron chi connectivity index (χ2n) is 6.88. The van der Waals surface area contributed by atoms with E-state index >= 15 is 0 Å². The summed E-state index contributed by atoms with van der Waals surface area (Å²) >= 11 is 7.42. The number of aryl methyl sites for hydroxylation is 1. The van der Waals surface area contributed by atoms with Crippen LogP contribution in [0.5, 0.6) is 0 Å². The van der Waals surface area contributed by atoms with Gasteiger partial charge < -0.3 is 14.6 Å². The van der Waals surface area contributed by atoms with Gasteiger partial charge in [0.25, 0.3) is 0 Å². The number of fused-ring (bicyclic) bond motifs is 1. The van der Waals surface area contributed by atoms with Crippen LogP contribution in [0.15, 0.2) is 30.6 Å². The summed E-state index contributed by atoms with van der Waals surface area (Å²) in [5.41, 5.74) is 8.50. The normalized spacial score (nSPS) is 19.0. The monoisotopic (exact) mass is 446 g/mol. The Labute approximate surface area is 183 Å². The Morgan fingerprint density at radius 3 is 3.03 bits per heavy atom. The van der Waals surface area contributed by atoms with Gasteiger partial charge in [-0.3, -0.25) is 10.2 Å². The van der Waals surface area contributed by atoms with Crippen LogP contribution in [0.4, 0.5) is 11.5 Å². The lowest BCUT2D eigenvalue weighted by atomic mass is 9.93. The smallest absolute Gasteiger partial charge is 0.235 e. The summed E-state index contributed by atoms with van der Waals surface area (Å²) in [7, 11) is 0. The molecule has 2 atom stereocenters. The molecule has 4 rings (SSSR count). The van der Waals surface area contributed by atoms with E-state index < -0.39 is 0 Å². The lowest BCUT2D eigenvalue weighted by Crippen LogP contribution is -2.50. The van der Waals surface area contributed by atoms with Crippen LogP contribution >= 0.6 is 23.5 Å². The van der Waals surface area contributed by atoms with Crippen LogP contribution in [0, 0.1) is 5.92 Å². The quantitative estimate of drug-likeness (QED) is 0.428. The molecule has 0 saturated carbocycles. The third-order valence-electron chi connectivity index (χ3n) is 4.97. The van der Waals surface area contributed by atoms with Crippen LogP contribution in [0.2, 0.25) is 5.02 Å². The Balaban J connectivity index is 1.78. The zero-order chi connectivity index (χ0) is 21.1. The fraction of sp³-hybridized carbons (Fsp3) is 0.368. The first kappa shape index (κ1) is 20.9. The molecule has 0 radical (unpaired) electrons. The number of nitrogens with one attached hydrogen (secondary N) is 4. The molecule has 158 valence electrons. The molecular weight excluding hydrogens is 424 g/mol. The largest absolute Gasteiger partial charge is 0.338 e. The van der Waals surface area contributed by atoms with Gasteiger partial charge in [-0.15, -0.1) is 0 Å². The van der Waals surface area contributed by atoms with Gasteiger partial charge in [-0.2, -0.15) is 0 Å². The number of hydrogen-bond acceptors (Lipinski definition) is 8. The maximum atomic E-state index is 12.6. The summed E-state index contributed by atoms with van der Waals surface area (Å²) in [6.45, 7) is 3.43. The Morgan fingerprint density at radius 1 is 1.40 bits per heavy atom. The molecule has 9 nitrogen and oxygen atoms in total. The molecule has 1 amide bonds. The first-order valence-electron chi connectivity index (χ1n) is 9.67. The zero-order valence-electron chi connectivity index (χ0n) is 16.6. The number of hydrogen-bond donors (Lipinski definition) is 4. The Kier molecular flexibility index (Phi) is 6.38. The van der Waals surface area contributed by atoms with E-state index in [1.807, 2.05) is 42.0 Å². The molecule has 0 bridgehead atoms. The molecule has 3 heterocycles. The molecule has 1 aliphatic rings. The molecule has 2 aromatic heterocycles.